The van der Waals surface area contributed by atoms with Crippen molar-refractivity contribution in [3.8, 4) is 11.1 Å². The Morgan fingerprint density at radius 1 is 0.963 bits per heavy atom. The monoisotopic (exact) mass is 353 g/mol. The lowest BCUT2D eigenvalue weighted by Crippen LogP contribution is -2.01. The number of nitrogens with two attached hydrogens (primary N) is 1. The highest BCUT2D eigenvalue weighted by atomic mass is 16.3. The second kappa shape index (κ2) is 6.99. The van der Waals surface area contributed by atoms with E-state index in [-0.39, 0.29) is 6.61 Å². The number of aliphatic hydroxyl groups is 1. The van der Waals surface area contributed by atoms with Crippen molar-refractivity contribution in [1.29, 1.82) is 0 Å². The fourth-order valence-corrected chi connectivity index (χ4v) is 3.47. The Kier molecular flexibility index (Phi) is 4.37. The molecular weight excluding hydrogens is 334 g/mol. The molecule has 3 aromatic carbocycles. The molecule has 0 saturated heterocycles. The van der Waals surface area contributed by atoms with Gasteiger partial charge in [-0.05, 0) is 46.3 Å². The lowest BCUT2D eigenvalue weighted by molar-refractivity contribution is 0.280. The average molecular weight is 353 g/mol. The quantitative estimate of drug-likeness (QED) is 0.401. The molecule has 1 heterocycles. The largest absolute Gasteiger partial charge is 0.399 e. The molecule has 132 valence electrons. The van der Waals surface area contributed by atoms with Gasteiger partial charge < -0.3 is 15.4 Å². The first-order valence-electron chi connectivity index (χ1n) is 8.73. The lowest BCUT2D eigenvalue weighted by atomic mass is 10.0. The van der Waals surface area contributed by atoms with Gasteiger partial charge in [-0.25, -0.2) is 4.85 Å². The highest BCUT2D eigenvalue weighted by Gasteiger charge is 2.13. The van der Waals surface area contributed by atoms with Crippen LogP contribution < -0.4 is 5.73 Å². The fourth-order valence-electron chi connectivity index (χ4n) is 3.47. The number of aromatic nitrogens is 1. The van der Waals surface area contributed by atoms with Crippen LogP contribution in [-0.4, -0.2) is 9.67 Å². The highest BCUT2D eigenvalue weighted by molar-refractivity contribution is 5.98. The summed E-state index contributed by atoms with van der Waals surface area (Å²) in [5.74, 6) is 0. The second-order valence-corrected chi connectivity index (χ2v) is 6.54. The molecule has 4 aromatic rings. The van der Waals surface area contributed by atoms with Gasteiger partial charge in [-0.1, -0.05) is 42.5 Å². The van der Waals surface area contributed by atoms with Crippen LogP contribution in [0.15, 0.2) is 72.9 Å². The number of hydrogen-bond donors (Lipinski definition) is 2. The minimum atomic E-state index is 0.0132. The SMILES string of the molecule is [C-]#[N+]c1ccc2c(c1)c(-c1cccc(N)c1)cn2Cc1ccccc1CO. The first-order chi connectivity index (χ1) is 13.2. The normalized spacial score (nSPS) is 10.8. The van der Waals surface area contributed by atoms with E-state index in [2.05, 4.69) is 15.6 Å². The fraction of sp³-hybridized carbons (Fsp3) is 0.0870. The van der Waals surface area contributed by atoms with Gasteiger partial charge in [0.25, 0.3) is 0 Å². The zero-order valence-corrected chi connectivity index (χ0v) is 14.8. The topological polar surface area (TPSA) is 55.5 Å². The van der Waals surface area contributed by atoms with E-state index in [1.54, 1.807) is 0 Å². The molecule has 0 aliphatic rings. The zero-order chi connectivity index (χ0) is 18.8. The van der Waals surface area contributed by atoms with Crippen LogP contribution in [0.3, 0.4) is 0 Å². The summed E-state index contributed by atoms with van der Waals surface area (Å²) < 4.78 is 2.16. The highest BCUT2D eigenvalue weighted by Crippen LogP contribution is 2.34. The van der Waals surface area contributed by atoms with Gasteiger partial charge in [-0.3, -0.25) is 0 Å². The van der Waals surface area contributed by atoms with E-state index in [1.165, 1.54) is 0 Å². The number of aliphatic hydroxyl groups excluding tert-OH is 1. The number of nitrogen functional groups attached to an aromatic ring is 1. The summed E-state index contributed by atoms with van der Waals surface area (Å²) in [6.45, 7) is 8.00. The van der Waals surface area contributed by atoms with E-state index in [4.69, 9.17) is 12.3 Å². The summed E-state index contributed by atoms with van der Waals surface area (Å²) in [4.78, 5) is 3.58. The lowest BCUT2D eigenvalue weighted by Gasteiger charge is -2.09. The van der Waals surface area contributed by atoms with Crippen molar-refractivity contribution in [3.05, 3.63) is 95.5 Å². The molecule has 0 spiro atoms. The van der Waals surface area contributed by atoms with E-state index in [9.17, 15) is 5.11 Å². The molecule has 0 bridgehead atoms. The molecule has 27 heavy (non-hydrogen) atoms. The van der Waals surface area contributed by atoms with Gasteiger partial charge in [-0.2, -0.15) is 0 Å². The Morgan fingerprint density at radius 3 is 2.52 bits per heavy atom. The van der Waals surface area contributed by atoms with Gasteiger partial charge in [-0.15, -0.1) is 0 Å². The van der Waals surface area contributed by atoms with Crippen LogP contribution in [0.2, 0.25) is 0 Å². The minimum Gasteiger partial charge on any atom is -0.399 e. The van der Waals surface area contributed by atoms with Crippen LogP contribution in [0.4, 0.5) is 11.4 Å². The number of hydrogen-bond acceptors (Lipinski definition) is 2. The predicted octanol–water partition coefficient (Wildman–Crippen LogP) is 4.98. The Labute approximate surface area is 157 Å². The van der Waals surface area contributed by atoms with Crippen LogP contribution in [0.5, 0.6) is 0 Å². The summed E-state index contributed by atoms with van der Waals surface area (Å²) in [6, 6.07) is 21.4. The number of benzene rings is 3. The van der Waals surface area contributed by atoms with Crippen molar-refractivity contribution in [2.75, 3.05) is 5.73 Å². The van der Waals surface area contributed by atoms with Crippen LogP contribution in [0, 0.1) is 6.57 Å². The third-order valence-electron chi connectivity index (χ3n) is 4.82. The molecule has 3 N–H and O–H groups in total. The summed E-state index contributed by atoms with van der Waals surface area (Å²) in [5, 5.41) is 10.7. The molecule has 0 fully saturated rings. The summed E-state index contributed by atoms with van der Waals surface area (Å²) in [6.07, 6.45) is 2.10. The van der Waals surface area contributed by atoms with Crippen LogP contribution in [0.1, 0.15) is 11.1 Å². The van der Waals surface area contributed by atoms with Crippen molar-refractivity contribution in [1.82, 2.24) is 4.57 Å². The standard InChI is InChI=1S/C23H19N3O/c1-25-20-9-10-23-21(12-20)22(16-7-4-8-19(24)11-16)14-26(23)13-17-5-2-3-6-18(17)15-27/h2-12,14,27H,13,15,24H2. The molecule has 0 aliphatic carbocycles. The van der Waals surface area contributed by atoms with Gasteiger partial charge in [0.1, 0.15) is 0 Å². The smallest absolute Gasteiger partial charge is 0.188 e. The maximum absolute atomic E-state index is 9.64. The van der Waals surface area contributed by atoms with Crippen molar-refractivity contribution in [2.24, 2.45) is 0 Å². The van der Waals surface area contributed by atoms with Gasteiger partial charge in [0.15, 0.2) is 5.69 Å². The molecule has 0 saturated carbocycles. The number of anilines is 1. The molecule has 0 atom stereocenters. The number of fused-ring (bicyclic) bond motifs is 1. The Morgan fingerprint density at radius 2 is 1.78 bits per heavy atom. The predicted molar refractivity (Wildman–Crippen MR) is 110 cm³/mol. The molecule has 0 unspecified atom stereocenters. The van der Waals surface area contributed by atoms with Crippen LogP contribution >= 0.6 is 0 Å². The van der Waals surface area contributed by atoms with Gasteiger partial charge in [0.05, 0.1) is 13.2 Å². The third-order valence-corrected chi connectivity index (χ3v) is 4.82. The van der Waals surface area contributed by atoms with Crippen molar-refractivity contribution in [2.45, 2.75) is 13.2 Å². The molecular formula is C23H19N3O. The number of rotatable bonds is 4. The summed E-state index contributed by atoms with van der Waals surface area (Å²) >= 11 is 0. The molecule has 4 rings (SSSR count). The van der Waals surface area contributed by atoms with Crippen molar-refractivity contribution >= 4 is 22.3 Å². The van der Waals surface area contributed by atoms with Crippen molar-refractivity contribution < 1.29 is 5.11 Å². The molecule has 0 amide bonds. The van der Waals surface area contributed by atoms with Gasteiger partial charge >= 0.3 is 0 Å². The average Bonchev–Trinajstić information content (AvgIpc) is 3.06. The van der Waals surface area contributed by atoms with Crippen LogP contribution in [-0.2, 0) is 13.2 Å². The van der Waals surface area contributed by atoms with E-state index in [0.29, 0.717) is 17.9 Å². The Balaban J connectivity index is 1.90. The second-order valence-electron chi connectivity index (χ2n) is 6.54. The van der Waals surface area contributed by atoms with E-state index < -0.39 is 0 Å². The molecule has 4 heteroatoms. The van der Waals surface area contributed by atoms with Crippen LogP contribution in [0.25, 0.3) is 26.9 Å². The van der Waals surface area contributed by atoms with Gasteiger partial charge in [0, 0.05) is 29.5 Å². The third kappa shape index (κ3) is 3.17. The molecule has 0 aliphatic heterocycles. The van der Waals surface area contributed by atoms with Crippen molar-refractivity contribution in [3.63, 3.8) is 0 Å². The van der Waals surface area contributed by atoms with E-state index in [0.717, 1.165) is 33.2 Å². The molecule has 4 nitrogen and oxygen atoms in total. The zero-order valence-electron chi connectivity index (χ0n) is 14.8. The maximum Gasteiger partial charge on any atom is 0.188 e. The molecule has 1 aromatic heterocycles. The molecule has 0 radical (unpaired) electrons. The number of nitrogens with zero attached hydrogens (tertiary/aromatic N) is 2. The minimum absolute atomic E-state index is 0.0132. The Hall–Kier alpha value is -3.55. The van der Waals surface area contributed by atoms with Gasteiger partial charge in [0.2, 0.25) is 0 Å². The first kappa shape index (κ1) is 16.9. The van der Waals surface area contributed by atoms with E-state index >= 15 is 0 Å². The summed E-state index contributed by atoms with van der Waals surface area (Å²) in [7, 11) is 0. The Bertz CT molecular complexity index is 1170. The maximum atomic E-state index is 9.64. The first-order valence-corrected chi connectivity index (χ1v) is 8.73. The van der Waals surface area contributed by atoms with E-state index in [1.807, 2.05) is 66.7 Å². The summed E-state index contributed by atoms with van der Waals surface area (Å²) in [5.41, 5.74) is 12.4.